The Morgan fingerprint density at radius 3 is 2.52 bits per heavy atom. The number of rotatable bonds is 6. The average Bonchev–Trinajstić information content (AvgIpc) is 2.96. The van der Waals surface area contributed by atoms with Gasteiger partial charge in [0.15, 0.2) is 5.76 Å². The Kier molecular flexibility index (Phi) is 4.68. The zero-order valence-corrected chi connectivity index (χ0v) is 11.2. The number of nitro benzene ring substituents is 1. The van der Waals surface area contributed by atoms with Crippen molar-refractivity contribution in [2.45, 2.75) is 13.0 Å². The number of nitrogens with one attached hydrogen (secondary N) is 1. The molecule has 2 rings (SSSR count). The average molecular weight is 289 g/mol. The highest BCUT2D eigenvalue weighted by atomic mass is 16.6. The van der Waals surface area contributed by atoms with Crippen LogP contribution in [0.1, 0.15) is 21.9 Å². The minimum Gasteiger partial charge on any atom is -0.455 e. The van der Waals surface area contributed by atoms with E-state index in [-0.39, 0.29) is 23.9 Å². The van der Waals surface area contributed by atoms with Crippen molar-refractivity contribution in [3.63, 3.8) is 0 Å². The summed E-state index contributed by atoms with van der Waals surface area (Å²) in [6.07, 6.45) is 0.578. The van der Waals surface area contributed by atoms with Gasteiger partial charge in [0.05, 0.1) is 11.5 Å². The molecule has 0 aliphatic heterocycles. The Balaban J connectivity index is 1.83. The molecule has 0 bridgehead atoms. The largest absolute Gasteiger partial charge is 0.455 e. The number of amides is 1. The first-order chi connectivity index (χ1) is 10.1. The Labute approximate surface area is 120 Å². The van der Waals surface area contributed by atoms with Gasteiger partial charge in [0.1, 0.15) is 5.76 Å². The predicted octanol–water partition coefficient (Wildman–Crippen LogP) is 1.62. The molecule has 110 valence electrons. The summed E-state index contributed by atoms with van der Waals surface area (Å²) in [6.45, 7) is 0.658. The van der Waals surface area contributed by atoms with E-state index in [0.717, 1.165) is 5.56 Å². The van der Waals surface area contributed by atoms with Crippen molar-refractivity contribution >= 4 is 11.6 Å². The van der Waals surface area contributed by atoms with E-state index in [1.54, 1.807) is 24.3 Å². The Bertz CT molecular complexity index is 634. The lowest BCUT2D eigenvalue weighted by Crippen LogP contribution is -2.25. The van der Waals surface area contributed by atoms with Crippen LogP contribution in [0, 0.1) is 10.1 Å². The highest BCUT2D eigenvalue weighted by Gasteiger charge is 2.10. The van der Waals surface area contributed by atoms with Crippen LogP contribution in [0.15, 0.2) is 40.8 Å². The molecule has 7 heteroatoms. The molecule has 1 aromatic heterocycles. The topological polar surface area (TPSA) is 111 Å². The number of carbonyl (C=O) groups is 1. The second kappa shape index (κ2) is 6.67. The maximum Gasteiger partial charge on any atom is 0.287 e. The van der Waals surface area contributed by atoms with Gasteiger partial charge in [-0.3, -0.25) is 14.9 Å². The van der Waals surface area contributed by atoms with Gasteiger partial charge < -0.3 is 15.5 Å². The number of nitro groups is 1. The second-order valence-electron chi connectivity index (χ2n) is 4.40. The van der Waals surface area contributed by atoms with E-state index in [9.17, 15) is 14.9 Å². The summed E-state index contributed by atoms with van der Waals surface area (Å²) in [4.78, 5) is 21.9. The molecule has 0 spiro atoms. The number of furan rings is 1. The summed E-state index contributed by atoms with van der Waals surface area (Å²) in [5.74, 6) is 0.464. The number of non-ortho nitro benzene ring substituents is 1. The highest BCUT2D eigenvalue weighted by molar-refractivity contribution is 5.91. The van der Waals surface area contributed by atoms with Crippen molar-refractivity contribution in [1.82, 2.24) is 5.32 Å². The number of hydrogen-bond donors (Lipinski definition) is 2. The Morgan fingerprint density at radius 2 is 1.95 bits per heavy atom. The van der Waals surface area contributed by atoms with Crippen molar-refractivity contribution in [2.75, 3.05) is 6.54 Å². The van der Waals surface area contributed by atoms with Crippen LogP contribution in [0.4, 0.5) is 5.69 Å². The van der Waals surface area contributed by atoms with Crippen LogP contribution in [-0.4, -0.2) is 17.4 Å². The summed E-state index contributed by atoms with van der Waals surface area (Å²) < 4.78 is 5.23. The number of carbonyl (C=O) groups excluding carboxylic acids is 1. The highest BCUT2D eigenvalue weighted by Crippen LogP contribution is 2.12. The van der Waals surface area contributed by atoms with Gasteiger partial charge in [-0.05, 0) is 24.1 Å². The minimum absolute atomic E-state index is 0.0488. The van der Waals surface area contributed by atoms with Gasteiger partial charge in [0, 0.05) is 18.7 Å². The molecular weight excluding hydrogens is 274 g/mol. The fourth-order valence-corrected chi connectivity index (χ4v) is 1.80. The van der Waals surface area contributed by atoms with Gasteiger partial charge in [-0.1, -0.05) is 12.1 Å². The van der Waals surface area contributed by atoms with E-state index in [2.05, 4.69) is 5.32 Å². The van der Waals surface area contributed by atoms with E-state index < -0.39 is 4.92 Å². The third-order valence-electron chi connectivity index (χ3n) is 2.93. The quantitative estimate of drug-likeness (QED) is 0.620. The maximum absolute atomic E-state index is 11.8. The fraction of sp³-hybridized carbons (Fsp3) is 0.214. The van der Waals surface area contributed by atoms with Crippen LogP contribution in [0.2, 0.25) is 0 Å². The molecule has 21 heavy (non-hydrogen) atoms. The molecule has 0 aliphatic carbocycles. The van der Waals surface area contributed by atoms with E-state index >= 15 is 0 Å². The summed E-state index contributed by atoms with van der Waals surface area (Å²) in [5, 5.41) is 13.2. The third-order valence-corrected chi connectivity index (χ3v) is 2.93. The normalized spacial score (nSPS) is 10.3. The van der Waals surface area contributed by atoms with Gasteiger partial charge in [-0.15, -0.1) is 0 Å². The molecule has 0 unspecified atom stereocenters. The number of nitrogens with zero attached hydrogens (tertiary/aromatic N) is 1. The first kappa shape index (κ1) is 14.7. The molecule has 0 aliphatic rings. The Hall–Kier alpha value is -2.67. The van der Waals surface area contributed by atoms with Crippen molar-refractivity contribution in [1.29, 1.82) is 0 Å². The molecule has 0 radical (unpaired) electrons. The molecule has 0 saturated carbocycles. The number of hydrogen-bond acceptors (Lipinski definition) is 5. The van der Waals surface area contributed by atoms with Crippen molar-refractivity contribution in [2.24, 2.45) is 5.73 Å². The monoisotopic (exact) mass is 289 g/mol. The zero-order valence-electron chi connectivity index (χ0n) is 11.2. The number of benzene rings is 1. The van der Waals surface area contributed by atoms with Crippen molar-refractivity contribution < 1.29 is 14.1 Å². The van der Waals surface area contributed by atoms with Crippen LogP contribution in [0.5, 0.6) is 0 Å². The van der Waals surface area contributed by atoms with Gasteiger partial charge in [-0.25, -0.2) is 0 Å². The van der Waals surface area contributed by atoms with Gasteiger partial charge in [0.2, 0.25) is 0 Å². The second-order valence-corrected chi connectivity index (χ2v) is 4.40. The van der Waals surface area contributed by atoms with Crippen LogP contribution in [0.3, 0.4) is 0 Å². The maximum atomic E-state index is 11.8. The molecule has 2 aromatic rings. The van der Waals surface area contributed by atoms with Gasteiger partial charge >= 0.3 is 0 Å². The van der Waals surface area contributed by atoms with E-state index in [1.165, 1.54) is 12.1 Å². The molecular formula is C14H15N3O4. The van der Waals surface area contributed by atoms with Gasteiger partial charge in [0.25, 0.3) is 11.6 Å². The molecule has 0 saturated heterocycles. The molecule has 1 amide bonds. The lowest BCUT2D eigenvalue weighted by molar-refractivity contribution is -0.384. The molecule has 7 nitrogen and oxygen atoms in total. The Morgan fingerprint density at radius 1 is 1.24 bits per heavy atom. The summed E-state index contributed by atoms with van der Waals surface area (Å²) >= 11 is 0. The van der Waals surface area contributed by atoms with Crippen molar-refractivity contribution in [3.05, 3.63) is 63.6 Å². The van der Waals surface area contributed by atoms with Crippen molar-refractivity contribution in [3.8, 4) is 0 Å². The van der Waals surface area contributed by atoms with Crippen LogP contribution < -0.4 is 11.1 Å². The summed E-state index contributed by atoms with van der Waals surface area (Å²) in [6, 6.07) is 9.45. The SMILES string of the molecule is NCc1ccc(C(=O)NCCc2ccc([N+](=O)[O-])cc2)o1. The van der Waals surface area contributed by atoms with Crippen LogP contribution in [-0.2, 0) is 13.0 Å². The van der Waals surface area contributed by atoms with Crippen LogP contribution >= 0.6 is 0 Å². The fourth-order valence-electron chi connectivity index (χ4n) is 1.80. The molecule has 0 atom stereocenters. The van der Waals surface area contributed by atoms with Gasteiger partial charge in [-0.2, -0.15) is 0 Å². The molecule has 3 N–H and O–H groups in total. The minimum atomic E-state index is -0.447. The van der Waals surface area contributed by atoms with E-state index in [4.69, 9.17) is 10.2 Å². The van der Waals surface area contributed by atoms with Crippen LogP contribution in [0.25, 0.3) is 0 Å². The summed E-state index contributed by atoms with van der Waals surface area (Å²) in [7, 11) is 0. The third kappa shape index (κ3) is 3.90. The standard InChI is InChI=1S/C14H15N3O4/c15-9-12-5-6-13(21-12)14(18)16-8-7-10-1-3-11(4-2-10)17(19)20/h1-6H,7-9,15H2,(H,16,18). The van der Waals surface area contributed by atoms with E-state index in [1.807, 2.05) is 0 Å². The zero-order chi connectivity index (χ0) is 15.2. The smallest absolute Gasteiger partial charge is 0.287 e. The predicted molar refractivity (Wildman–Crippen MR) is 75.7 cm³/mol. The number of nitrogens with two attached hydrogens (primary N) is 1. The molecule has 1 aromatic carbocycles. The van der Waals surface area contributed by atoms with E-state index in [0.29, 0.717) is 18.7 Å². The molecule has 1 heterocycles. The molecule has 0 fully saturated rings. The lowest BCUT2D eigenvalue weighted by Gasteiger charge is -2.03. The lowest BCUT2D eigenvalue weighted by atomic mass is 10.1. The first-order valence-corrected chi connectivity index (χ1v) is 6.40. The first-order valence-electron chi connectivity index (χ1n) is 6.40. The summed E-state index contributed by atoms with van der Waals surface area (Å²) in [5.41, 5.74) is 6.35.